The van der Waals surface area contributed by atoms with Crippen molar-refractivity contribution in [2.24, 2.45) is 41.4 Å². The normalized spacial score (nSPS) is 51.2. The summed E-state index contributed by atoms with van der Waals surface area (Å²) < 4.78 is 10.7. The maximum absolute atomic E-state index is 9.60. The molecule has 108 valence electrons. The van der Waals surface area contributed by atoms with Crippen LogP contribution in [0.15, 0.2) is 0 Å². The molecule has 19 heavy (non-hydrogen) atoms. The minimum atomic E-state index is -0.463. The van der Waals surface area contributed by atoms with Crippen molar-refractivity contribution in [3.63, 3.8) is 0 Å². The predicted molar refractivity (Wildman–Crippen MR) is 71.6 cm³/mol. The first-order valence-electron chi connectivity index (χ1n) is 8.02. The van der Waals surface area contributed by atoms with Gasteiger partial charge in [-0.1, -0.05) is 0 Å². The van der Waals surface area contributed by atoms with Gasteiger partial charge in [-0.2, -0.15) is 0 Å². The Bertz CT molecular complexity index is 345. The Morgan fingerprint density at radius 1 is 1.00 bits per heavy atom. The van der Waals surface area contributed by atoms with Crippen LogP contribution in [0.4, 0.5) is 0 Å². The van der Waals surface area contributed by atoms with Crippen LogP contribution in [0.5, 0.6) is 0 Å². The molecule has 3 nitrogen and oxygen atoms in total. The molecule has 4 aliphatic rings. The fraction of sp³-hybridized carbons (Fsp3) is 1.00. The van der Waals surface area contributed by atoms with Crippen molar-refractivity contribution in [1.29, 1.82) is 0 Å². The molecule has 0 saturated heterocycles. The Morgan fingerprint density at radius 3 is 2.63 bits per heavy atom. The molecular formula is C16H26O3. The second kappa shape index (κ2) is 4.71. The molecule has 4 rings (SSSR count). The van der Waals surface area contributed by atoms with Crippen molar-refractivity contribution < 1.29 is 14.6 Å². The molecule has 0 aromatic heterocycles. The molecule has 0 spiro atoms. The van der Waals surface area contributed by atoms with Gasteiger partial charge in [0.05, 0.1) is 13.2 Å². The molecule has 0 aromatic carbocycles. The number of fused-ring (bicyclic) bond motifs is 7. The SMILES string of the molecule is COCC(O)COCC1CC2CC1C1CC3CC3C21. The summed E-state index contributed by atoms with van der Waals surface area (Å²) >= 11 is 0. The quantitative estimate of drug-likeness (QED) is 0.798. The van der Waals surface area contributed by atoms with Gasteiger partial charge in [0.25, 0.3) is 0 Å². The number of aliphatic hydroxyl groups is 1. The van der Waals surface area contributed by atoms with Gasteiger partial charge in [-0.05, 0) is 67.1 Å². The third-order valence-electron chi connectivity index (χ3n) is 6.42. The van der Waals surface area contributed by atoms with E-state index in [0.717, 1.165) is 48.0 Å². The van der Waals surface area contributed by atoms with Gasteiger partial charge in [0.1, 0.15) is 6.10 Å². The van der Waals surface area contributed by atoms with Crippen molar-refractivity contribution in [2.45, 2.75) is 31.8 Å². The number of ether oxygens (including phenoxy) is 2. The predicted octanol–water partition coefficient (Wildman–Crippen LogP) is 1.94. The van der Waals surface area contributed by atoms with E-state index in [9.17, 15) is 5.11 Å². The lowest BCUT2D eigenvalue weighted by Crippen LogP contribution is -2.30. The fourth-order valence-corrected chi connectivity index (χ4v) is 5.83. The third kappa shape index (κ3) is 2.05. The molecule has 0 heterocycles. The fourth-order valence-electron chi connectivity index (χ4n) is 5.83. The summed E-state index contributed by atoms with van der Waals surface area (Å²) in [6, 6.07) is 0. The molecule has 0 aliphatic heterocycles. The van der Waals surface area contributed by atoms with Gasteiger partial charge in [0, 0.05) is 13.7 Å². The Kier molecular flexibility index (Phi) is 3.13. The molecule has 3 heteroatoms. The van der Waals surface area contributed by atoms with Gasteiger partial charge in [0.15, 0.2) is 0 Å². The lowest BCUT2D eigenvalue weighted by atomic mass is 9.74. The molecule has 4 aliphatic carbocycles. The lowest BCUT2D eigenvalue weighted by molar-refractivity contribution is -0.0255. The smallest absolute Gasteiger partial charge is 0.101 e. The van der Waals surface area contributed by atoms with Gasteiger partial charge >= 0.3 is 0 Å². The minimum Gasteiger partial charge on any atom is -0.388 e. The molecule has 0 radical (unpaired) electrons. The summed E-state index contributed by atoms with van der Waals surface area (Å²) in [5.74, 6) is 7.13. The van der Waals surface area contributed by atoms with Crippen LogP contribution in [0.1, 0.15) is 25.7 Å². The topological polar surface area (TPSA) is 38.7 Å². The molecule has 2 bridgehead atoms. The maximum atomic E-state index is 9.60. The molecule has 8 unspecified atom stereocenters. The highest BCUT2D eigenvalue weighted by atomic mass is 16.5. The third-order valence-corrected chi connectivity index (χ3v) is 6.42. The largest absolute Gasteiger partial charge is 0.388 e. The molecular weight excluding hydrogens is 240 g/mol. The van der Waals surface area contributed by atoms with E-state index in [1.165, 1.54) is 19.3 Å². The summed E-state index contributed by atoms with van der Waals surface area (Å²) in [7, 11) is 1.62. The average Bonchev–Trinajstić information content (AvgIpc) is 2.75. The van der Waals surface area contributed by atoms with E-state index in [2.05, 4.69) is 0 Å². The molecule has 0 aromatic rings. The first-order valence-corrected chi connectivity index (χ1v) is 8.02. The number of aliphatic hydroxyl groups excluding tert-OH is 1. The molecule has 1 N–H and O–H groups in total. The van der Waals surface area contributed by atoms with Gasteiger partial charge in [-0.3, -0.25) is 0 Å². The van der Waals surface area contributed by atoms with Crippen LogP contribution in [0.2, 0.25) is 0 Å². The molecule has 4 saturated carbocycles. The zero-order chi connectivity index (χ0) is 13.0. The van der Waals surface area contributed by atoms with Crippen LogP contribution in [0.25, 0.3) is 0 Å². The van der Waals surface area contributed by atoms with Crippen LogP contribution >= 0.6 is 0 Å². The van der Waals surface area contributed by atoms with Crippen LogP contribution in [0, 0.1) is 41.4 Å². The number of methoxy groups -OCH3 is 1. The number of hydrogen-bond acceptors (Lipinski definition) is 3. The first kappa shape index (κ1) is 12.6. The standard InChI is InChI=1S/C16H26O3/c1-18-7-12(17)8-19-6-11-2-10-5-13(11)15-4-9-3-14(9)16(10)15/h9-17H,2-8H2,1H3. The van der Waals surface area contributed by atoms with Crippen molar-refractivity contribution >= 4 is 0 Å². The summed E-state index contributed by atoms with van der Waals surface area (Å²) in [5.41, 5.74) is 0. The molecule has 0 amide bonds. The Hall–Kier alpha value is -0.120. The minimum absolute atomic E-state index is 0.380. The van der Waals surface area contributed by atoms with Gasteiger partial charge in [0.2, 0.25) is 0 Å². The van der Waals surface area contributed by atoms with E-state index >= 15 is 0 Å². The van der Waals surface area contributed by atoms with Gasteiger partial charge in [-0.25, -0.2) is 0 Å². The van der Waals surface area contributed by atoms with E-state index in [1.54, 1.807) is 13.5 Å². The monoisotopic (exact) mass is 266 g/mol. The van der Waals surface area contributed by atoms with Gasteiger partial charge < -0.3 is 14.6 Å². The van der Waals surface area contributed by atoms with Crippen LogP contribution in [0.3, 0.4) is 0 Å². The van der Waals surface area contributed by atoms with Crippen LogP contribution in [-0.2, 0) is 9.47 Å². The van der Waals surface area contributed by atoms with Crippen molar-refractivity contribution in [1.82, 2.24) is 0 Å². The zero-order valence-corrected chi connectivity index (χ0v) is 11.8. The van der Waals surface area contributed by atoms with Crippen molar-refractivity contribution in [2.75, 3.05) is 26.9 Å². The second-order valence-electron chi connectivity index (χ2n) is 7.44. The van der Waals surface area contributed by atoms with Crippen LogP contribution in [-0.4, -0.2) is 38.1 Å². The Labute approximate surface area is 115 Å². The highest BCUT2D eigenvalue weighted by molar-refractivity contribution is 5.13. The lowest BCUT2D eigenvalue weighted by Gasteiger charge is -2.33. The Morgan fingerprint density at radius 2 is 1.79 bits per heavy atom. The summed E-state index contributed by atoms with van der Waals surface area (Å²) in [6.07, 6.45) is 5.49. The van der Waals surface area contributed by atoms with E-state index in [4.69, 9.17) is 9.47 Å². The maximum Gasteiger partial charge on any atom is 0.101 e. The van der Waals surface area contributed by atoms with E-state index in [-0.39, 0.29) is 0 Å². The van der Waals surface area contributed by atoms with E-state index in [1.807, 2.05) is 0 Å². The summed E-state index contributed by atoms with van der Waals surface area (Å²) in [4.78, 5) is 0. The number of rotatable bonds is 6. The van der Waals surface area contributed by atoms with Gasteiger partial charge in [-0.15, -0.1) is 0 Å². The van der Waals surface area contributed by atoms with E-state index in [0.29, 0.717) is 13.2 Å². The summed E-state index contributed by atoms with van der Waals surface area (Å²) in [5, 5.41) is 9.60. The highest BCUT2D eigenvalue weighted by Crippen LogP contribution is 2.71. The molecule has 4 fully saturated rings. The highest BCUT2D eigenvalue weighted by Gasteiger charge is 2.64. The van der Waals surface area contributed by atoms with E-state index < -0.39 is 6.10 Å². The first-order chi connectivity index (χ1) is 9.28. The number of hydrogen-bond donors (Lipinski definition) is 1. The van der Waals surface area contributed by atoms with Crippen molar-refractivity contribution in [3.8, 4) is 0 Å². The Balaban J connectivity index is 1.26. The van der Waals surface area contributed by atoms with Crippen LogP contribution < -0.4 is 0 Å². The van der Waals surface area contributed by atoms with Crippen molar-refractivity contribution in [3.05, 3.63) is 0 Å². The average molecular weight is 266 g/mol. The summed E-state index contributed by atoms with van der Waals surface area (Å²) in [6.45, 7) is 1.67. The zero-order valence-electron chi connectivity index (χ0n) is 11.8. The second-order valence-corrected chi connectivity index (χ2v) is 7.44. The molecule has 8 atom stereocenters.